The van der Waals surface area contributed by atoms with E-state index < -0.39 is 11.9 Å². The molecule has 1 aliphatic heterocycles. The zero-order valence-electron chi connectivity index (χ0n) is 15.5. The van der Waals surface area contributed by atoms with E-state index in [0.29, 0.717) is 24.5 Å². The fraction of sp³-hybridized carbons (Fsp3) is 0.238. The maximum atomic E-state index is 12.9. The first-order chi connectivity index (χ1) is 13.6. The number of methoxy groups -OCH3 is 1. The number of amides is 1. The fourth-order valence-electron chi connectivity index (χ4n) is 2.86. The SMILES string of the molecule is COC(=O)c1cc(N2CCOCC2)ccc1NC(=O)/C=C/c1ccc(F)cc1. The number of nitrogens with one attached hydrogen (secondary N) is 1. The normalized spacial score (nSPS) is 14.1. The second-order valence-electron chi connectivity index (χ2n) is 6.20. The van der Waals surface area contributed by atoms with Crippen molar-refractivity contribution in [3.05, 3.63) is 65.5 Å². The van der Waals surface area contributed by atoms with Gasteiger partial charge in [-0.05, 0) is 42.0 Å². The average Bonchev–Trinajstić information content (AvgIpc) is 2.73. The highest BCUT2D eigenvalue weighted by atomic mass is 19.1. The van der Waals surface area contributed by atoms with Gasteiger partial charge in [0.15, 0.2) is 0 Å². The number of benzene rings is 2. The standard InChI is InChI=1S/C21H21FN2O4/c1-27-21(26)18-14-17(24-10-12-28-13-11-24)7-8-19(18)23-20(25)9-4-15-2-5-16(22)6-3-15/h2-9,14H,10-13H2,1H3,(H,23,25)/b9-4+. The summed E-state index contributed by atoms with van der Waals surface area (Å²) in [6.07, 6.45) is 2.89. The van der Waals surface area contributed by atoms with Crippen LogP contribution in [-0.4, -0.2) is 45.3 Å². The minimum Gasteiger partial charge on any atom is -0.465 e. The summed E-state index contributed by atoms with van der Waals surface area (Å²) in [4.78, 5) is 26.6. The van der Waals surface area contributed by atoms with Gasteiger partial charge in [-0.25, -0.2) is 9.18 Å². The first-order valence-corrected chi connectivity index (χ1v) is 8.86. The molecule has 0 spiro atoms. The minimum atomic E-state index is -0.534. The number of hydrogen-bond acceptors (Lipinski definition) is 5. The molecular formula is C21H21FN2O4. The van der Waals surface area contributed by atoms with E-state index in [1.807, 2.05) is 6.07 Å². The van der Waals surface area contributed by atoms with Crippen molar-refractivity contribution in [3.8, 4) is 0 Å². The monoisotopic (exact) mass is 384 g/mol. The fourth-order valence-corrected chi connectivity index (χ4v) is 2.86. The summed E-state index contributed by atoms with van der Waals surface area (Å²) in [5.41, 5.74) is 2.18. The van der Waals surface area contributed by atoms with Gasteiger partial charge >= 0.3 is 5.97 Å². The van der Waals surface area contributed by atoms with E-state index in [2.05, 4.69) is 10.2 Å². The zero-order valence-corrected chi connectivity index (χ0v) is 15.5. The molecule has 2 aromatic carbocycles. The Morgan fingerprint density at radius 1 is 1.14 bits per heavy atom. The number of carbonyl (C=O) groups is 2. The number of carbonyl (C=O) groups excluding carboxylic acids is 2. The van der Waals surface area contributed by atoms with Crippen molar-refractivity contribution in [2.75, 3.05) is 43.6 Å². The lowest BCUT2D eigenvalue weighted by Crippen LogP contribution is -2.36. The van der Waals surface area contributed by atoms with Gasteiger partial charge in [0.05, 0.1) is 31.6 Å². The summed E-state index contributed by atoms with van der Waals surface area (Å²) in [6.45, 7) is 2.71. The Kier molecular flexibility index (Phi) is 6.39. The molecule has 0 aliphatic carbocycles. The van der Waals surface area contributed by atoms with Crippen LogP contribution in [0.15, 0.2) is 48.5 Å². The first-order valence-electron chi connectivity index (χ1n) is 8.86. The summed E-state index contributed by atoms with van der Waals surface area (Å²) in [7, 11) is 1.30. The second kappa shape index (κ2) is 9.14. The number of halogens is 1. The van der Waals surface area contributed by atoms with E-state index in [1.165, 1.54) is 25.3 Å². The smallest absolute Gasteiger partial charge is 0.340 e. The number of nitrogens with zero attached hydrogens (tertiary/aromatic N) is 1. The molecule has 0 saturated carbocycles. The number of anilines is 2. The van der Waals surface area contributed by atoms with Crippen molar-refractivity contribution >= 4 is 29.3 Å². The predicted molar refractivity (Wildman–Crippen MR) is 105 cm³/mol. The quantitative estimate of drug-likeness (QED) is 0.634. The van der Waals surface area contributed by atoms with E-state index in [4.69, 9.17) is 9.47 Å². The van der Waals surface area contributed by atoms with Crippen LogP contribution in [0, 0.1) is 5.82 Å². The van der Waals surface area contributed by atoms with Crippen LogP contribution in [-0.2, 0) is 14.3 Å². The van der Waals surface area contributed by atoms with Gasteiger partial charge in [0, 0.05) is 24.9 Å². The predicted octanol–water partition coefficient (Wildman–Crippen LogP) is 3.10. The molecule has 0 unspecified atom stereocenters. The Hall–Kier alpha value is -3.19. The van der Waals surface area contributed by atoms with Crippen molar-refractivity contribution < 1.29 is 23.5 Å². The van der Waals surface area contributed by atoms with E-state index in [0.717, 1.165) is 18.8 Å². The average molecular weight is 384 g/mol. The molecule has 1 aliphatic rings. The highest BCUT2D eigenvalue weighted by molar-refractivity contribution is 6.06. The molecule has 7 heteroatoms. The first kappa shape index (κ1) is 19.6. The van der Waals surface area contributed by atoms with Crippen molar-refractivity contribution in [1.82, 2.24) is 0 Å². The van der Waals surface area contributed by atoms with Crippen LogP contribution in [0.3, 0.4) is 0 Å². The summed E-state index contributed by atoms with van der Waals surface area (Å²) in [5, 5.41) is 2.69. The molecule has 28 heavy (non-hydrogen) atoms. The van der Waals surface area contributed by atoms with Crippen molar-refractivity contribution in [3.63, 3.8) is 0 Å². The highest BCUT2D eigenvalue weighted by Crippen LogP contribution is 2.25. The number of ether oxygens (including phenoxy) is 2. The van der Waals surface area contributed by atoms with Crippen LogP contribution in [0.25, 0.3) is 6.08 Å². The molecule has 0 atom stereocenters. The molecule has 0 bridgehead atoms. The van der Waals surface area contributed by atoms with Crippen LogP contribution in [0.4, 0.5) is 15.8 Å². The third kappa shape index (κ3) is 4.95. The number of esters is 1. The van der Waals surface area contributed by atoms with Crippen LogP contribution >= 0.6 is 0 Å². The molecule has 1 fully saturated rings. The minimum absolute atomic E-state index is 0.273. The largest absolute Gasteiger partial charge is 0.465 e. The zero-order chi connectivity index (χ0) is 19.9. The Morgan fingerprint density at radius 3 is 2.54 bits per heavy atom. The summed E-state index contributed by atoms with van der Waals surface area (Å²) in [6, 6.07) is 11.0. The van der Waals surface area contributed by atoms with Crippen LogP contribution in [0.5, 0.6) is 0 Å². The Balaban J connectivity index is 1.76. The van der Waals surface area contributed by atoms with E-state index in [-0.39, 0.29) is 11.4 Å². The molecule has 1 heterocycles. The van der Waals surface area contributed by atoms with Gasteiger partial charge in [-0.2, -0.15) is 0 Å². The molecule has 6 nitrogen and oxygen atoms in total. The highest BCUT2D eigenvalue weighted by Gasteiger charge is 2.18. The van der Waals surface area contributed by atoms with Gasteiger partial charge in [-0.15, -0.1) is 0 Å². The van der Waals surface area contributed by atoms with E-state index >= 15 is 0 Å². The van der Waals surface area contributed by atoms with E-state index in [9.17, 15) is 14.0 Å². The number of rotatable bonds is 5. The summed E-state index contributed by atoms with van der Waals surface area (Å²) >= 11 is 0. The number of morpholine rings is 1. The van der Waals surface area contributed by atoms with Gasteiger partial charge < -0.3 is 19.7 Å². The molecular weight excluding hydrogens is 363 g/mol. The molecule has 3 rings (SSSR count). The van der Waals surface area contributed by atoms with Crippen LogP contribution in [0.1, 0.15) is 15.9 Å². The molecule has 2 aromatic rings. The lowest BCUT2D eigenvalue weighted by Gasteiger charge is -2.29. The van der Waals surface area contributed by atoms with Gasteiger partial charge in [0.1, 0.15) is 5.82 Å². The van der Waals surface area contributed by atoms with Gasteiger partial charge in [-0.3, -0.25) is 4.79 Å². The van der Waals surface area contributed by atoms with Crippen LogP contribution < -0.4 is 10.2 Å². The van der Waals surface area contributed by atoms with Crippen LogP contribution in [0.2, 0.25) is 0 Å². The van der Waals surface area contributed by atoms with Gasteiger partial charge in [0.25, 0.3) is 0 Å². The third-order valence-electron chi connectivity index (χ3n) is 4.34. The molecule has 0 radical (unpaired) electrons. The lowest BCUT2D eigenvalue weighted by molar-refractivity contribution is -0.111. The number of hydrogen-bond donors (Lipinski definition) is 1. The Morgan fingerprint density at radius 2 is 1.86 bits per heavy atom. The van der Waals surface area contributed by atoms with E-state index in [1.54, 1.807) is 30.3 Å². The Bertz CT molecular complexity index is 874. The molecule has 1 amide bonds. The maximum Gasteiger partial charge on any atom is 0.340 e. The second-order valence-corrected chi connectivity index (χ2v) is 6.20. The molecule has 1 N–H and O–H groups in total. The third-order valence-corrected chi connectivity index (χ3v) is 4.34. The molecule has 0 aromatic heterocycles. The summed E-state index contributed by atoms with van der Waals surface area (Å²) < 4.78 is 23.1. The van der Waals surface area contributed by atoms with Gasteiger partial charge in [-0.1, -0.05) is 12.1 Å². The maximum absolute atomic E-state index is 12.9. The Labute approximate surface area is 162 Å². The van der Waals surface area contributed by atoms with Gasteiger partial charge in [0.2, 0.25) is 5.91 Å². The van der Waals surface area contributed by atoms with Crippen molar-refractivity contribution in [2.45, 2.75) is 0 Å². The van der Waals surface area contributed by atoms with Crippen molar-refractivity contribution in [2.24, 2.45) is 0 Å². The molecule has 1 saturated heterocycles. The topological polar surface area (TPSA) is 67.9 Å². The van der Waals surface area contributed by atoms with Crippen molar-refractivity contribution in [1.29, 1.82) is 0 Å². The molecule has 146 valence electrons. The summed E-state index contributed by atoms with van der Waals surface area (Å²) in [5.74, 6) is -1.29. The lowest BCUT2D eigenvalue weighted by atomic mass is 10.1.